The molecule has 0 aliphatic carbocycles. The molecule has 0 aromatic heterocycles. The molecule has 94 valence electrons. The summed E-state index contributed by atoms with van der Waals surface area (Å²) in [5, 5.41) is 10.3. The topological polar surface area (TPSA) is 46.2 Å². The van der Waals surface area contributed by atoms with Gasteiger partial charge in [-0.15, -0.1) is 0 Å². The standard InChI is InChI=1S/C15H16BrNO/c16-14-7-5-13(6-8-14)15(18)12-3-1-11(2-4-12)9-10-17/h1-8,15,18H,9-10,17H2. The van der Waals surface area contributed by atoms with Gasteiger partial charge in [-0.3, -0.25) is 0 Å². The fourth-order valence-electron chi connectivity index (χ4n) is 1.87. The molecule has 0 bridgehead atoms. The Morgan fingerprint density at radius 3 is 1.94 bits per heavy atom. The Bertz CT molecular complexity index is 493. The zero-order valence-electron chi connectivity index (χ0n) is 10.0. The number of nitrogens with two attached hydrogens (primary N) is 1. The van der Waals surface area contributed by atoms with Gasteiger partial charge in [0.15, 0.2) is 0 Å². The molecule has 0 amide bonds. The predicted octanol–water partition coefficient (Wildman–Crippen LogP) is 3.03. The molecule has 0 aliphatic heterocycles. The highest BCUT2D eigenvalue weighted by Crippen LogP contribution is 2.23. The van der Waals surface area contributed by atoms with Crippen molar-refractivity contribution in [3.05, 3.63) is 69.7 Å². The molecule has 18 heavy (non-hydrogen) atoms. The van der Waals surface area contributed by atoms with Gasteiger partial charge in [-0.1, -0.05) is 52.3 Å². The van der Waals surface area contributed by atoms with E-state index in [0.717, 1.165) is 22.0 Å². The van der Waals surface area contributed by atoms with Crippen LogP contribution < -0.4 is 5.73 Å². The summed E-state index contributed by atoms with van der Waals surface area (Å²) in [6.45, 7) is 0.647. The van der Waals surface area contributed by atoms with Crippen molar-refractivity contribution in [2.24, 2.45) is 5.73 Å². The van der Waals surface area contributed by atoms with Gasteiger partial charge in [-0.25, -0.2) is 0 Å². The van der Waals surface area contributed by atoms with E-state index in [1.807, 2.05) is 48.5 Å². The summed E-state index contributed by atoms with van der Waals surface area (Å²) in [5.74, 6) is 0. The molecule has 0 aliphatic rings. The fourth-order valence-corrected chi connectivity index (χ4v) is 2.14. The maximum absolute atomic E-state index is 10.3. The Hall–Kier alpha value is -1.16. The zero-order valence-corrected chi connectivity index (χ0v) is 11.6. The first-order chi connectivity index (χ1) is 8.70. The summed E-state index contributed by atoms with van der Waals surface area (Å²) >= 11 is 3.38. The highest BCUT2D eigenvalue weighted by atomic mass is 79.9. The molecule has 0 heterocycles. The number of benzene rings is 2. The summed E-state index contributed by atoms with van der Waals surface area (Å²) < 4.78 is 1.01. The van der Waals surface area contributed by atoms with Gasteiger partial charge < -0.3 is 10.8 Å². The molecule has 2 nitrogen and oxygen atoms in total. The molecule has 0 saturated carbocycles. The second-order valence-corrected chi connectivity index (χ2v) is 5.15. The molecule has 1 atom stereocenters. The summed E-state index contributed by atoms with van der Waals surface area (Å²) in [7, 11) is 0. The molecular formula is C15H16BrNO. The number of aliphatic hydroxyl groups is 1. The van der Waals surface area contributed by atoms with E-state index in [0.29, 0.717) is 6.54 Å². The van der Waals surface area contributed by atoms with Crippen molar-refractivity contribution in [2.75, 3.05) is 6.54 Å². The first-order valence-corrected chi connectivity index (χ1v) is 6.72. The third-order valence-corrected chi connectivity index (χ3v) is 3.44. The molecule has 2 aromatic rings. The molecule has 0 radical (unpaired) electrons. The first-order valence-electron chi connectivity index (χ1n) is 5.93. The normalized spacial score (nSPS) is 12.4. The van der Waals surface area contributed by atoms with Crippen LogP contribution in [0.4, 0.5) is 0 Å². The second-order valence-electron chi connectivity index (χ2n) is 4.23. The Labute approximate surface area is 116 Å². The average Bonchev–Trinajstić information content (AvgIpc) is 2.40. The van der Waals surface area contributed by atoms with Crippen LogP contribution in [-0.2, 0) is 6.42 Å². The van der Waals surface area contributed by atoms with Gasteiger partial charge in [0.05, 0.1) is 0 Å². The van der Waals surface area contributed by atoms with Crippen LogP contribution in [0.25, 0.3) is 0 Å². The minimum Gasteiger partial charge on any atom is -0.384 e. The lowest BCUT2D eigenvalue weighted by atomic mass is 10.00. The third kappa shape index (κ3) is 3.19. The van der Waals surface area contributed by atoms with Crippen LogP contribution in [0.3, 0.4) is 0 Å². The Morgan fingerprint density at radius 1 is 0.944 bits per heavy atom. The highest BCUT2D eigenvalue weighted by molar-refractivity contribution is 9.10. The molecule has 2 rings (SSSR count). The maximum Gasteiger partial charge on any atom is 0.104 e. The van der Waals surface area contributed by atoms with Gasteiger partial charge in [0.25, 0.3) is 0 Å². The van der Waals surface area contributed by atoms with Crippen molar-refractivity contribution in [2.45, 2.75) is 12.5 Å². The van der Waals surface area contributed by atoms with Crippen molar-refractivity contribution < 1.29 is 5.11 Å². The van der Waals surface area contributed by atoms with E-state index >= 15 is 0 Å². The minimum absolute atomic E-state index is 0.579. The van der Waals surface area contributed by atoms with E-state index in [4.69, 9.17) is 5.73 Å². The molecule has 3 heteroatoms. The minimum atomic E-state index is -0.579. The van der Waals surface area contributed by atoms with Crippen LogP contribution in [0.5, 0.6) is 0 Å². The third-order valence-electron chi connectivity index (χ3n) is 2.91. The van der Waals surface area contributed by atoms with E-state index in [1.54, 1.807) is 0 Å². The lowest BCUT2D eigenvalue weighted by Crippen LogP contribution is -2.03. The van der Waals surface area contributed by atoms with Gasteiger partial charge in [-0.05, 0) is 41.8 Å². The number of aliphatic hydroxyl groups excluding tert-OH is 1. The van der Waals surface area contributed by atoms with E-state index in [9.17, 15) is 5.11 Å². The molecule has 0 spiro atoms. The van der Waals surface area contributed by atoms with Crippen molar-refractivity contribution in [1.29, 1.82) is 0 Å². The number of rotatable bonds is 4. The Morgan fingerprint density at radius 2 is 1.44 bits per heavy atom. The van der Waals surface area contributed by atoms with E-state index in [1.165, 1.54) is 5.56 Å². The molecule has 3 N–H and O–H groups in total. The summed E-state index contributed by atoms with van der Waals surface area (Å²) in [4.78, 5) is 0. The number of halogens is 1. The van der Waals surface area contributed by atoms with Crippen LogP contribution in [-0.4, -0.2) is 11.7 Å². The van der Waals surface area contributed by atoms with Gasteiger partial charge in [0.1, 0.15) is 6.10 Å². The van der Waals surface area contributed by atoms with Gasteiger partial charge in [-0.2, -0.15) is 0 Å². The smallest absolute Gasteiger partial charge is 0.104 e. The maximum atomic E-state index is 10.3. The lowest BCUT2D eigenvalue weighted by Gasteiger charge is -2.12. The Kier molecular flexibility index (Phi) is 4.53. The van der Waals surface area contributed by atoms with Crippen LogP contribution in [0.1, 0.15) is 22.8 Å². The average molecular weight is 306 g/mol. The molecule has 1 unspecified atom stereocenters. The number of hydrogen-bond acceptors (Lipinski definition) is 2. The summed E-state index contributed by atoms with van der Waals surface area (Å²) in [6.07, 6.45) is 0.291. The Balaban J connectivity index is 2.17. The van der Waals surface area contributed by atoms with E-state index in [-0.39, 0.29) is 0 Å². The predicted molar refractivity (Wildman–Crippen MR) is 77.4 cm³/mol. The van der Waals surface area contributed by atoms with Crippen LogP contribution >= 0.6 is 15.9 Å². The summed E-state index contributed by atoms with van der Waals surface area (Å²) in [5.41, 5.74) is 8.50. The molecule has 0 saturated heterocycles. The van der Waals surface area contributed by atoms with Gasteiger partial charge >= 0.3 is 0 Å². The number of hydrogen-bond donors (Lipinski definition) is 2. The van der Waals surface area contributed by atoms with Crippen molar-refractivity contribution in [3.63, 3.8) is 0 Å². The monoisotopic (exact) mass is 305 g/mol. The van der Waals surface area contributed by atoms with Crippen LogP contribution in [0.2, 0.25) is 0 Å². The van der Waals surface area contributed by atoms with Crippen molar-refractivity contribution in [1.82, 2.24) is 0 Å². The molecule has 0 fully saturated rings. The largest absolute Gasteiger partial charge is 0.384 e. The van der Waals surface area contributed by atoms with Crippen LogP contribution in [0, 0.1) is 0 Å². The van der Waals surface area contributed by atoms with Crippen molar-refractivity contribution in [3.8, 4) is 0 Å². The first kappa shape index (κ1) is 13.3. The lowest BCUT2D eigenvalue weighted by molar-refractivity contribution is 0.220. The van der Waals surface area contributed by atoms with E-state index in [2.05, 4.69) is 15.9 Å². The van der Waals surface area contributed by atoms with Crippen molar-refractivity contribution >= 4 is 15.9 Å². The van der Waals surface area contributed by atoms with E-state index < -0.39 is 6.10 Å². The van der Waals surface area contributed by atoms with Gasteiger partial charge in [0, 0.05) is 4.47 Å². The fraction of sp³-hybridized carbons (Fsp3) is 0.200. The van der Waals surface area contributed by atoms with Crippen LogP contribution in [0.15, 0.2) is 53.0 Å². The quantitative estimate of drug-likeness (QED) is 0.912. The summed E-state index contributed by atoms with van der Waals surface area (Å²) in [6, 6.07) is 15.7. The zero-order chi connectivity index (χ0) is 13.0. The highest BCUT2D eigenvalue weighted by Gasteiger charge is 2.09. The molecule has 2 aromatic carbocycles. The second kappa shape index (κ2) is 6.14. The van der Waals surface area contributed by atoms with Gasteiger partial charge in [0.2, 0.25) is 0 Å². The SMILES string of the molecule is NCCc1ccc(C(O)c2ccc(Br)cc2)cc1. The molecular weight excluding hydrogens is 290 g/mol.